The lowest BCUT2D eigenvalue weighted by atomic mass is 10.2. The molecule has 0 radical (unpaired) electrons. The van der Waals surface area contributed by atoms with Crippen molar-refractivity contribution < 1.29 is 4.79 Å². The highest BCUT2D eigenvalue weighted by Crippen LogP contribution is 2.21. The van der Waals surface area contributed by atoms with Gasteiger partial charge < -0.3 is 0 Å². The van der Waals surface area contributed by atoms with E-state index in [1.54, 1.807) is 30.3 Å². The van der Waals surface area contributed by atoms with Crippen LogP contribution in [0.4, 0.5) is 0 Å². The topological polar surface area (TPSA) is 54.4 Å². The average molecular weight is 294 g/mol. The lowest BCUT2D eigenvalue weighted by Gasteiger charge is -1.99. The number of nitrogens with one attached hydrogen (secondary N) is 1. The molecule has 1 aromatic carbocycles. The minimum absolute atomic E-state index is 0.307. The largest absolute Gasteiger partial charge is 0.271 e. The van der Waals surface area contributed by atoms with Crippen molar-refractivity contribution in [1.29, 1.82) is 0 Å². The summed E-state index contributed by atoms with van der Waals surface area (Å²) in [6, 6.07) is 8.27. The Hall–Kier alpha value is -1.91. The fraction of sp³-hybridized carbons (Fsp3) is 0. The molecular weight excluding hydrogens is 285 g/mol. The first-order valence-electron chi connectivity index (χ1n) is 5.35. The molecular formula is C13H9Cl2N3O. The minimum Gasteiger partial charge on any atom is -0.267 e. The number of amides is 1. The molecule has 0 spiro atoms. The molecule has 0 unspecified atom stereocenters. The van der Waals surface area contributed by atoms with Crippen molar-refractivity contribution in [2.45, 2.75) is 0 Å². The second kappa shape index (κ2) is 6.31. The third-order valence-electron chi connectivity index (χ3n) is 2.27. The molecule has 96 valence electrons. The van der Waals surface area contributed by atoms with Gasteiger partial charge >= 0.3 is 0 Å². The average Bonchev–Trinajstić information content (AvgIpc) is 2.43. The van der Waals surface area contributed by atoms with Crippen molar-refractivity contribution in [2.75, 3.05) is 0 Å². The summed E-state index contributed by atoms with van der Waals surface area (Å²) < 4.78 is 0. The van der Waals surface area contributed by atoms with Gasteiger partial charge in [0.25, 0.3) is 5.91 Å². The molecule has 19 heavy (non-hydrogen) atoms. The Morgan fingerprint density at radius 2 is 1.89 bits per heavy atom. The summed E-state index contributed by atoms with van der Waals surface area (Å²) in [5.74, 6) is -0.307. The Morgan fingerprint density at radius 3 is 2.58 bits per heavy atom. The zero-order chi connectivity index (χ0) is 13.7. The predicted octanol–water partition coefficient (Wildman–Crippen LogP) is 3.15. The van der Waals surface area contributed by atoms with Crippen LogP contribution in [0.1, 0.15) is 15.9 Å². The molecule has 2 rings (SSSR count). The fourth-order valence-corrected chi connectivity index (χ4v) is 1.63. The first-order valence-corrected chi connectivity index (χ1v) is 6.11. The standard InChI is InChI=1S/C13H9Cl2N3O/c14-11-2-1-9(7-12(11)15)8-17-18-13(19)10-3-5-16-6-4-10/h1-8H,(H,18,19). The lowest BCUT2D eigenvalue weighted by Crippen LogP contribution is -2.17. The molecule has 0 aliphatic rings. The van der Waals surface area contributed by atoms with E-state index in [2.05, 4.69) is 15.5 Å². The quantitative estimate of drug-likeness (QED) is 0.698. The molecule has 0 bridgehead atoms. The molecule has 0 saturated heterocycles. The van der Waals surface area contributed by atoms with Crippen LogP contribution in [0.5, 0.6) is 0 Å². The highest BCUT2D eigenvalue weighted by atomic mass is 35.5. The normalized spacial score (nSPS) is 10.6. The molecule has 1 aromatic heterocycles. The number of carbonyl (C=O) groups is 1. The number of pyridine rings is 1. The van der Waals surface area contributed by atoms with Crippen LogP contribution in [0.15, 0.2) is 47.8 Å². The van der Waals surface area contributed by atoms with Crippen molar-refractivity contribution in [2.24, 2.45) is 5.10 Å². The summed E-state index contributed by atoms with van der Waals surface area (Å²) in [6.45, 7) is 0. The number of hydrogen-bond donors (Lipinski definition) is 1. The predicted molar refractivity (Wildman–Crippen MR) is 75.8 cm³/mol. The Labute approximate surface area is 120 Å². The van der Waals surface area contributed by atoms with E-state index in [9.17, 15) is 4.79 Å². The summed E-state index contributed by atoms with van der Waals surface area (Å²) in [7, 11) is 0. The molecule has 0 aliphatic carbocycles. The summed E-state index contributed by atoms with van der Waals surface area (Å²) in [5, 5.41) is 4.75. The van der Waals surface area contributed by atoms with Crippen molar-refractivity contribution in [3.8, 4) is 0 Å². The van der Waals surface area contributed by atoms with E-state index in [-0.39, 0.29) is 5.91 Å². The number of halogens is 2. The van der Waals surface area contributed by atoms with E-state index in [0.29, 0.717) is 15.6 Å². The number of rotatable bonds is 3. The van der Waals surface area contributed by atoms with Gasteiger partial charge in [-0.05, 0) is 29.8 Å². The van der Waals surface area contributed by atoms with E-state index in [1.165, 1.54) is 18.6 Å². The van der Waals surface area contributed by atoms with Gasteiger partial charge in [0.05, 0.1) is 16.3 Å². The number of nitrogens with zero attached hydrogens (tertiary/aromatic N) is 2. The second-order valence-corrected chi connectivity index (χ2v) is 4.42. The Kier molecular flexibility index (Phi) is 4.49. The maximum atomic E-state index is 11.7. The van der Waals surface area contributed by atoms with E-state index in [4.69, 9.17) is 23.2 Å². The molecule has 2 aromatic rings. The highest BCUT2D eigenvalue weighted by molar-refractivity contribution is 6.42. The van der Waals surface area contributed by atoms with Crippen LogP contribution in [0.2, 0.25) is 10.0 Å². The van der Waals surface area contributed by atoms with Crippen molar-refractivity contribution >= 4 is 35.3 Å². The molecule has 1 amide bonds. The van der Waals surface area contributed by atoms with Gasteiger partial charge in [0, 0.05) is 18.0 Å². The molecule has 1 N–H and O–H groups in total. The maximum absolute atomic E-state index is 11.7. The highest BCUT2D eigenvalue weighted by Gasteiger charge is 2.02. The maximum Gasteiger partial charge on any atom is 0.271 e. The van der Waals surface area contributed by atoms with Gasteiger partial charge in [0.15, 0.2) is 0 Å². The van der Waals surface area contributed by atoms with Gasteiger partial charge in [-0.3, -0.25) is 9.78 Å². The molecule has 0 saturated carbocycles. The van der Waals surface area contributed by atoms with Gasteiger partial charge in [0.2, 0.25) is 0 Å². The van der Waals surface area contributed by atoms with Gasteiger partial charge in [0.1, 0.15) is 0 Å². The number of aromatic nitrogens is 1. The van der Waals surface area contributed by atoms with Crippen LogP contribution in [0, 0.1) is 0 Å². The number of hydrazone groups is 1. The smallest absolute Gasteiger partial charge is 0.267 e. The first-order chi connectivity index (χ1) is 9.16. The van der Waals surface area contributed by atoms with Gasteiger partial charge in [-0.15, -0.1) is 0 Å². The van der Waals surface area contributed by atoms with Gasteiger partial charge in [-0.25, -0.2) is 5.43 Å². The summed E-state index contributed by atoms with van der Waals surface area (Å²) in [4.78, 5) is 15.5. The molecule has 0 fully saturated rings. The number of hydrogen-bond acceptors (Lipinski definition) is 3. The van der Waals surface area contributed by atoms with Crippen molar-refractivity contribution in [3.05, 3.63) is 63.9 Å². The minimum atomic E-state index is -0.307. The molecule has 0 atom stereocenters. The molecule has 0 aliphatic heterocycles. The Morgan fingerprint density at radius 1 is 1.16 bits per heavy atom. The number of benzene rings is 1. The zero-order valence-electron chi connectivity index (χ0n) is 9.68. The monoisotopic (exact) mass is 293 g/mol. The molecule has 1 heterocycles. The fourth-order valence-electron chi connectivity index (χ4n) is 1.33. The van der Waals surface area contributed by atoms with Crippen molar-refractivity contribution in [1.82, 2.24) is 10.4 Å². The van der Waals surface area contributed by atoms with Crippen LogP contribution >= 0.6 is 23.2 Å². The van der Waals surface area contributed by atoms with Gasteiger partial charge in [-0.2, -0.15) is 5.10 Å². The summed E-state index contributed by atoms with van der Waals surface area (Å²) in [5.41, 5.74) is 3.64. The third kappa shape index (κ3) is 3.77. The molecule has 4 nitrogen and oxygen atoms in total. The van der Waals surface area contributed by atoms with Crippen LogP contribution in [0.3, 0.4) is 0 Å². The Bertz CT molecular complexity index is 615. The number of carbonyl (C=O) groups excluding carboxylic acids is 1. The Balaban J connectivity index is 2.00. The second-order valence-electron chi connectivity index (χ2n) is 3.61. The third-order valence-corrected chi connectivity index (χ3v) is 3.00. The van der Waals surface area contributed by atoms with E-state index < -0.39 is 0 Å². The van der Waals surface area contributed by atoms with E-state index >= 15 is 0 Å². The van der Waals surface area contributed by atoms with E-state index in [1.807, 2.05) is 0 Å². The van der Waals surface area contributed by atoms with Gasteiger partial charge in [-0.1, -0.05) is 29.3 Å². The van der Waals surface area contributed by atoms with Crippen LogP contribution in [-0.2, 0) is 0 Å². The zero-order valence-corrected chi connectivity index (χ0v) is 11.2. The van der Waals surface area contributed by atoms with Crippen LogP contribution in [-0.4, -0.2) is 17.1 Å². The lowest BCUT2D eigenvalue weighted by molar-refractivity contribution is 0.0955. The van der Waals surface area contributed by atoms with E-state index in [0.717, 1.165) is 5.56 Å². The molecule has 6 heteroatoms. The summed E-state index contributed by atoms with van der Waals surface area (Å²) >= 11 is 11.7. The van der Waals surface area contributed by atoms with Crippen molar-refractivity contribution in [3.63, 3.8) is 0 Å². The first kappa shape index (κ1) is 13.5. The van der Waals surface area contributed by atoms with Crippen LogP contribution < -0.4 is 5.43 Å². The van der Waals surface area contributed by atoms with Crippen LogP contribution in [0.25, 0.3) is 0 Å². The summed E-state index contributed by atoms with van der Waals surface area (Å²) in [6.07, 6.45) is 4.57. The SMILES string of the molecule is O=C(NN=Cc1ccc(Cl)c(Cl)c1)c1ccncc1.